The van der Waals surface area contributed by atoms with Crippen molar-refractivity contribution in [2.45, 2.75) is 18.5 Å². The summed E-state index contributed by atoms with van der Waals surface area (Å²) in [7, 11) is 0. The predicted molar refractivity (Wildman–Crippen MR) is 30.1 cm³/mol. The van der Waals surface area contributed by atoms with E-state index in [4.69, 9.17) is 16.7 Å². The number of carbonyl (C=O) groups is 1. The lowest BCUT2D eigenvalue weighted by Crippen LogP contribution is -2.17. The zero-order chi connectivity index (χ0) is 7.28. The van der Waals surface area contributed by atoms with Crippen molar-refractivity contribution in [3.63, 3.8) is 0 Å². The van der Waals surface area contributed by atoms with Crippen molar-refractivity contribution in [1.29, 1.82) is 0 Å². The van der Waals surface area contributed by atoms with Crippen LogP contribution in [0.4, 0.5) is 4.39 Å². The van der Waals surface area contributed by atoms with Crippen LogP contribution in [-0.4, -0.2) is 16.2 Å². The molecule has 2 nitrogen and oxygen atoms in total. The summed E-state index contributed by atoms with van der Waals surface area (Å²) in [5.41, 5.74) is -1.34. The molecule has 1 aliphatic carbocycles. The molecule has 0 saturated heterocycles. The predicted octanol–water partition coefficient (Wildman–Crippen LogP) is 1.39. The molecule has 4 heteroatoms. The lowest BCUT2D eigenvalue weighted by Gasteiger charge is -2.01. The van der Waals surface area contributed by atoms with Crippen molar-refractivity contribution in [1.82, 2.24) is 0 Å². The van der Waals surface area contributed by atoms with Crippen LogP contribution >= 0.6 is 11.6 Å². The highest BCUT2D eigenvalue weighted by atomic mass is 35.5. The van der Waals surface area contributed by atoms with Gasteiger partial charge in [0.25, 0.3) is 0 Å². The molecule has 0 aromatic heterocycles. The first kappa shape index (κ1) is 6.81. The second-order valence-corrected chi connectivity index (χ2v) is 3.12. The minimum atomic E-state index is -2.00. The van der Waals surface area contributed by atoms with Gasteiger partial charge in [-0.3, -0.25) is 4.79 Å². The van der Waals surface area contributed by atoms with Crippen LogP contribution in [0.2, 0.25) is 0 Å². The highest BCUT2D eigenvalue weighted by Crippen LogP contribution is 2.61. The van der Waals surface area contributed by atoms with Gasteiger partial charge in [0.15, 0.2) is 0 Å². The van der Waals surface area contributed by atoms with Gasteiger partial charge in [-0.2, -0.15) is 0 Å². The number of carboxylic acid groups (broad SMARTS) is 1. The Kier molecular flexibility index (Phi) is 1.06. The Morgan fingerprint density at radius 2 is 2.22 bits per heavy atom. The van der Waals surface area contributed by atoms with Crippen molar-refractivity contribution in [3.8, 4) is 0 Å². The molecule has 0 spiro atoms. The van der Waals surface area contributed by atoms with Gasteiger partial charge >= 0.3 is 5.97 Å². The van der Waals surface area contributed by atoms with Crippen LogP contribution in [0.3, 0.4) is 0 Å². The summed E-state index contributed by atoms with van der Waals surface area (Å²) in [5.74, 6) is -1.17. The quantitative estimate of drug-likeness (QED) is 0.577. The second kappa shape index (κ2) is 1.40. The molecule has 9 heavy (non-hydrogen) atoms. The van der Waals surface area contributed by atoms with Gasteiger partial charge in [-0.15, -0.1) is 0 Å². The molecule has 0 radical (unpaired) electrons. The monoisotopic (exact) mass is 152 g/mol. The Balaban J connectivity index is 2.74. The first-order valence-corrected chi connectivity index (χ1v) is 2.89. The molecule has 1 saturated carbocycles. The fourth-order valence-electron chi connectivity index (χ4n) is 0.632. The summed E-state index contributed by atoms with van der Waals surface area (Å²) in [6.07, 6.45) is -0.0864. The Morgan fingerprint density at radius 1 is 1.89 bits per heavy atom. The smallest absolute Gasteiger partial charge is 0.314 e. The topological polar surface area (TPSA) is 37.3 Å². The Bertz CT molecular complexity index is 168. The van der Waals surface area contributed by atoms with E-state index in [1.54, 1.807) is 0 Å². The van der Waals surface area contributed by atoms with Gasteiger partial charge in [0, 0.05) is 6.42 Å². The van der Waals surface area contributed by atoms with Crippen molar-refractivity contribution in [2.24, 2.45) is 5.41 Å². The van der Waals surface area contributed by atoms with E-state index in [0.717, 1.165) is 0 Å². The highest BCUT2D eigenvalue weighted by Gasteiger charge is 2.70. The van der Waals surface area contributed by atoms with Crippen LogP contribution < -0.4 is 0 Å². The number of aliphatic carboxylic acids is 1. The third kappa shape index (κ3) is 0.713. The average Bonchev–Trinajstić information content (AvgIpc) is 2.08. The molecule has 0 bridgehead atoms. The van der Waals surface area contributed by atoms with E-state index in [-0.39, 0.29) is 6.42 Å². The lowest BCUT2D eigenvalue weighted by molar-refractivity contribution is -0.143. The maximum Gasteiger partial charge on any atom is 0.314 e. The van der Waals surface area contributed by atoms with Gasteiger partial charge in [0.2, 0.25) is 5.13 Å². The molecule has 0 unspecified atom stereocenters. The van der Waals surface area contributed by atoms with Crippen molar-refractivity contribution < 1.29 is 14.3 Å². The Morgan fingerprint density at radius 3 is 2.22 bits per heavy atom. The van der Waals surface area contributed by atoms with Gasteiger partial charge in [0.1, 0.15) is 5.41 Å². The van der Waals surface area contributed by atoms with E-state index in [2.05, 4.69) is 0 Å². The fourth-order valence-corrected chi connectivity index (χ4v) is 0.980. The number of hydrogen-bond donors (Lipinski definition) is 1. The number of alkyl halides is 2. The summed E-state index contributed by atoms with van der Waals surface area (Å²) in [5, 5.41) is 6.32. The normalized spacial score (nSPS) is 48.8. The van der Waals surface area contributed by atoms with Crippen LogP contribution in [0.1, 0.15) is 13.3 Å². The molecule has 52 valence electrons. The molecule has 1 aliphatic rings. The summed E-state index contributed by atoms with van der Waals surface area (Å²) in [6.45, 7) is 1.29. The lowest BCUT2D eigenvalue weighted by atomic mass is 10.1. The van der Waals surface area contributed by atoms with Crippen LogP contribution in [0, 0.1) is 5.41 Å². The molecular formula is C5H6ClFO2. The largest absolute Gasteiger partial charge is 0.481 e. The van der Waals surface area contributed by atoms with Crippen molar-refractivity contribution in [3.05, 3.63) is 0 Å². The zero-order valence-corrected chi connectivity index (χ0v) is 5.57. The van der Waals surface area contributed by atoms with Gasteiger partial charge < -0.3 is 5.11 Å². The summed E-state index contributed by atoms with van der Waals surface area (Å²) in [6, 6.07) is 0. The van der Waals surface area contributed by atoms with E-state index < -0.39 is 16.5 Å². The summed E-state index contributed by atoms with van der Waals surface area (Å²) in [4.78, 5) is 10.2. The average molecular weight is 153 g/mol. The molecule has 0 amide bonds. The van der Waals surface area contributed by atoms with Crippen LogP contribution in [0.25, 0.3) is 0 Å². The molecule has 0 heterocycles. The molecule has 0 aromatic carbocycles. The molecule has 0 aliphatic heterocycles. The maximum atomic E-state index is 12.5. The van der Waals surface area contributed by atoms with Crippen LogP contribution in [0.15, 0.2) is 0 Å². The number of halogens is 2. The second-order valence-electron chi connectivity index (χ2n) is 2.52. The zero-order valence-electron chi connectivity index (χ0n) is 4.82. The number of rotatable bonds is 1. The number of carboxylic acids is 1. The van der Waals surface area contributed by atoms with E-state index in [1.807, 2.05) is 0 Å². The van der Waals surface area contributed by atoms with Gasteiger partial charge in [-0.05, 0) is 6.92 Å². The third-order valence-electron chi connectivity index (χ3n) is 1.73. The van der Waals surface area contributed by atoms with Crippen LogP contribution in [-0.2, 0) is 4.79 Å². The molecule has 1 N–H and O–H groups in total. The Labute approximate surface area is 56.6 Å². The van der Waals surface area contributed by atoms with Gasteiger partial charge in [-0.25, -0.2) is 4.39 Å². The molecule has 0 aromatic rings. The molecule has 2 atom stereocenters. The maximum absolute atomic E-state index is 12.5. The number of hydrogen-bond acceptors (Lipinski definition) is 1. The Hall–Kier alpha value is -0.310. The van der Waals surface area contributed by atoms with E-state index in [0.29, 0.717) is 0 Å². The first-order valence-electron chi connectivity index (χ1n) is 2.51. The SMILES string of the molecule is C[C@]1(C(=O)O)C[C@]1(F)Cl. The minimum absolute atomic E-state index is 0.0864. The molecule has 1 rings (SSSR count). The minimum Gasteiger partial charge on any atom is -0.481 e. The van der Waals surface area contributed by atoms with Crippen molar-refractivity contribution in [2.75, 3.05) is 0 Å². The molecule has 1 fully saturated rings. The van der Waals surface area contributed by atoms with E-state index >= 15 is 0 Å². The third-order valence-corrected chi connectivity index (χ3v) is 2.28. The van der Waals surface area contributed by atoms with Gasteiger partial charge in [0.05, 0.1) is 0 Å². The van der Waals surface area contributed by atoms with E-state index in [1.165, 1.54) is 6.92 Å². The summed E-state index contributed by atoms with van der Waals surface area (Å²) < 4.78 is 12.5. The van der Waals surface area contributed by atoms with Crippen LogP contribution in [0.5, 0.6) is 0 Å². The highest BCUT2D eigenvalue weighted by molar-refractivity contribution is 6.27. The summed E-state index contributed by atoms with van der Waals surface area (Å²) >= 11 is 5.10. The fraction of sp³-hybridized carbons (Fsp3) is 0.800. The first-order chi connectivity index (χ1) is 3.90. The standard InChI is InChI=1S/C5H6ClFO2/c1-4(3(8)9)2-5(4,6)7/h2H2,1H3,(H,8,9)/t4-,5-/m1/s1. The van der Waals surface area contributed by atoms with Crippen molar-refractivity contribution >= 4 is 17.6 Å². The van der Waals surface area contributed by atoms with E-state index in [9.17, 15) is 9.18 Å². The van der Waals surface area contributed by atoms with Gasteiger partial charge in [-0.1, -0.05) is 11.6 Å². The molecular weight excluding hydrogens is 147 g/mol.